The van der Waals surface area contributed by atoms with E-state index >= 15 is 0 Å². The molecule has 0 aromatic heterocycles. The molecule has 0 bridgehead atoms. The van der Waals surface area contributed by atoms with Crippen molar-refractivity contribution in [3.05, 3.63) is 85.1 Å². The van der Waals surface area contributed by atoms with E-state index in [4.69, 9.17) is 14.2 Å². The van der Waals surface area contributed by atoms with Gasteiger partial charge < -0.3 is 14.2 Å². The molecule has 0 aliphatic rings. The summed E-state index contributed by atoms with van der Waals surface area (Å²) in [6.45, 7) is 6.48. The number of hydrogen-bond donors (Lipinski definition) is 0. The van der Waals surface area contributed by atoms with E-state index in [1.54, 1.807) is 0 Å². The quantitative estimate of drug-likeness (QED) is 0.0262. The zero-order valence-electron chi connectivity index (χ0n) is 43.9. The summed E-state index contributed by atoms with van der Waals surface area (Å²) in [4.78, 5) is 38.1. The van der Waals surface area contributed by atoms with Crippen LogP contribution in [-0.4, -0.2) is 37.2 Å². The van der Waals surface area contributed by atoms with Crippen LogP contribution in [0, 0.1) is 0 Å². The van der Waals surface area contributed by atoms with Crippen molar-refractivity contribution in [2.45, 2.75) is 271 Å². The van der Waals surface area contributed by atoms with Gasteiger partial charge in [0.2, 0.25) is 0 Å². The predicted molar refractivity (Wildman–Crippen MR) is 288 cm³/mol. The molecule has 0 saturated heterocycles. The van der Waals surface area contributed by atoms with Crippen molar-refractivity contribution in [3.63, 3.8) is 0 Å². The first-order valence-corrected chi connectivity index (χ1v) is 28.1. The number of unbranched alkanes of at least 4 members (excludes halogenated alkanes) is 25. The Morgan fingerprint density at radius 1 is 0.313 bits per heavy atom. The van der Waals surface area contributed by atoms with Gasteiger partial charge in [-0.15, -0.1) is 0 Å². The number of carbonyl (C=O) groups is 3. The first kappa shape index (κ1) is 63.6. The third-order valence-electron chi connectivity index (χ3n) is 11.9. The molecule has 0 saturated carbocycles. The summed E-state index contributed by atoms with van der Waals surface area (Å²) in [5.41, 5.74) is 0. The molecule has 67 heavy (non-hydrogen) atoms. The average molecular weight is 933 g/mol. The highest BCUT2D eigenvalue weighted by atomic mass is 16.6. The van der Waals surface area contributed by atoms with E-state index in [1.807, 2.05) is 0 Å². The fourth-order valence-electron chi connectivity index (χ4n) is 7.68. The lowest BCUT2D eigenvalue weighted by molar-refractivity contribution is -0.167. The maximum atomic E-state index is 12.8. The minimum atomic E-state index is -0.791. The maximum Gasteiger partial charge on any atom is 0.306 e. The van der Waals surface area contributed by atoms with Crippen LogP contribution in [0.3, 0.4) is 0 Å². The van der Waals surface area contributed by atoms with Crippen LogP contribution in [0.15, 0.2) is 85.1 Å². The maximum absolute atomic E-state index is 12.8. The van der Waals surface area contributed by atoms with Crippen molar-refractivity contribution in [3.8, 4) is 0 Å². The van der Waals surface area contributed by atoms with Crippen molar-refractivity contribution < 1.29 is 28.6 Å². The molecule has 6 nitrogen and oxygen atoms in total. The highest BCUT2D eigenvalue weighted by Crippen LogP contribution is 2.15. The molecule has 0 amide bonds. The molecule has 0 aliphatic heterocycles. The molecule has 1 atom stereocenters. The van der Waals surface area contributed by atoms with Gasteiger partial charge in [0.25, 0.3) is 0 Å². The molecule has 0 N–H and O–H groups in total. The zero-order chi connectivity index (χ0) is 48.6. The van der Waals surface area contributed by atoms with E-state index in [0.29, 0.717) is 19.3 Å². The molecule has 0 rings (SSSR count). The Bertz CT molecular complexity index is 1300. The summed E-state index contributed by atoms with van der Waals surface area (Å²) in [5.74, 6) is -0.916. The summed E-state index contributed by atoms with van der Waals surface area (Å²) >= 11 is 0. The monoisotopic (exact) mass is 933 g/mol. The van der Waals surface area contributed by atoms with E-state index in [-0.39, 0.29) is 31.1 Å². The third-order valence-corrected chi connectivity index (χ3v) is 11.9. The number of esters is 3. The summed E-state index contributed by atoms with van der Waals surface area (Å²) in [5, 5.41) is 0. The number of ether oxygens (including phenoxy) is 3. The molecular formula is C61H104O6. The van der Waals surface area contributed by atoms with Gasteiger partial charge in [0.15, 0.2) is 6.10 Å². The second-order valence-corrected chi connectivity index (χ2v) is 18.5. The van der Waals surface area contributed by atoms with Crippen LogP contribution in [0.5, 0.6) is 0 Å². The molecule has 0 aromatic rings. The van der Waals surface area contributed by atoms with E-state index < -0.39 is 6.10 Å². The molecule has 0 heterocycles. The Morgan fingerprint density at radius 3 is 0.940 bits per heavy atom. The SMILES string of the molecule is CC/C=C\C/C=C\C/C=C\C/C=C\C/C=C\CCCCCCCC(=O)OCC(COC(=O)CCCCCCCCCCCCCCC)OC(=O)CCCCCCC/C=C\C/C=C\CCCCC. The Labute approximate surface area is 414 Å². The second-order valence-electron chi connectivity index (χ2n) is 18.5. The van der Waals surface area contributed by atoms with Crippen LogP contribution in [0.1, 0.15) is 265 Å². The number of carbonyl (C=O) groups excluding carboxylic acids is 3. The Balaban J connectivity index is 4.41. The predicted octanol–water partition coefficient (Wildman–Crippen LogP) is 18.8. The van der Waals surface area contributed by atoms with Crippen LogP contribution >= 0.6 is 0 Å². The van der Waals surface area contributed by atoms with Gasteiger partial charge in [-0.25, -0.2) is 0 Å². The second kappa shape index (κ2) is 55.2. The molecule has 0 spiro atoms. The van der Waals surface area contributed by atoms with Gasteiger partial charge in [-0.2, -0.15) is 0 Å². The summed E-state index contributed by atoms with van der Waals surface area (Å²) in [6, 6.07) is 0. The molecule has 1 unspecified atom stereocenters. The Morgan fingerprint density at radius 2 is 0.582 bits per heavy atom. The molecule has 0 aliphatic carbocycles. The summed E-state index contributed by atoms with van der Waals surface area (Å²) in [6.07, 6.45) is 71.3. The van der Waals surface area contributed by atoms with Gasteiger partial charge in [-0.3, -0.25) is 14.4 Å². The van der Waals surface area contributed by atoms with Gasteiger partial charge in [0, 0.05) is 19.3 Å². The molecule has 0 aromatic carbocycles. The van der Waals surface area contributed by atoms with Gasteiger partial charge in [-0.05, 0) is 96.3 Å². The smallest absolute Gasteiger partial charge is 0.306 e. The lowest BCUT2D eigenvalue weighted by Crippen LogP contribution is -2.30. The fourth-order valence-corrected chi connectivity index (χ4v) is 7.68. The lowest BCUT2D eigenvalue weighted by Gasteiger charge is -2.18. The lowest BCUT2D eigenvalue weighted by atomic mass is 10.0. The first-order chi connectivity index (χ1) is 33.0. The van der Waals surface area contributed by atoms with Crippen LogP contribution < -0.4 is 0 Å². The number of hydrogen-bond acceptors (Lipinski definition) is 6. The number of allylic oxidation sites excluding steroid dienone is 14. The van der Waals surface area contributed by atoms with Crippen LogP contribution in [0.2, 0.25) is 0 Å². The first-order valence-electron chi connectivity index (χ1n) is 28.1. The van der Waals surface area contributed by atoms with Crippen molar-refractivity contribution in [1.29, 1.82) is 0 Å². The van der Waals surface area contributed by atoms with Crippen molar-refractivity contribution in [1.82, 2.24) is 0 Å². The Hall–Kier alpha value is -3.41. The van der Waals surface area contributed by atoms with Gasteiger partial charge in [-0.1, -0.05) is 234 Å². The van der Waals surface area contributed by atoms with Gasteiger partial charge in [0.05, 0.1) is 0 Å². The van der Waals surface area contributed by atoms with Crippen molar-refractivity contribution in [2.24, 2.45) is 0 Å². The standard InChI is InChI=1S/C61H104O6/c1-4-7-10-13-16-19-22-25-27-28-29-30-31-32-34-36-39-42-45-48-51-54-60(63)66-57-58(56-65-59(62)53-50-47-44-41-38-35-24-21-18-15-12-9-6-3)67-61(64)55-52-49-46-43-40-37-33-26-23-20-17-14-11-8-5-2/h7,10,16-17,19-20,25-27,29-30,32-34,58H,4-6,8-9,11-15,18,21-24,28,31,35-57H2,1-3H3/b10-7-,19-16-,20-17-,27-25-,30-29-,33-26-,34-32-. The van der Waals surface area contributed by atoms with Crippen LogP contribution in [0.4, 0.5) is 0 Å². The number of rotatable bonds is 50. The normalized spacial score (nSPS) is 12.7. The summed E-state index contributed by atoms with van der Waals surface area (Å²) < 4.78 is 16.8. The van der Waals surface area contributed by atoms with Crippen LogP contribution in [-0.2, 0) is 28.6 Å². The average Bonchev–Trinajstić information content (AvgIpc) is 3.33. The fraction of sp³-hybridized carbons (Fsp3) is 0.721. The van der Waals surface area contributed by atoms with E-state index in [2.05, 4.69) is 106 Å². The highest BCUT2D eigenvalue weighted by Gasteiger charge is 2.19. The zero-order valence-corrected chi connectivity index (χ0v) is 43.9. The van der Waals surface area contributed by atoms with Crippen LogP contribution in [0.25, 0.3) is 0 Å². The van der Waals surface area contributed by atoms with E-state index in [1.165, 1.54) is 89.9 Å². The van der Waals surface area contributed by atoms with E-state index in [0.717, 1.165) is 135 Å². The molecule has 6 heteroatoms. The molecular weight excluding hydrogens is 829 g/mol. The van der Waals surface area contributed by atoms with Gasteiger partial charge >= 0.3 is 17.9 Å². The highest BCUT2D eigenvalue weighted by molar-refractivity contribution is 5.71. The van der Waals surface area contributed by atoms with Crippen molar-refractivity contribution in [2.75, 3.05) is 13.2 Å². The molecule has 384 valence electrons. The molecule has 0 fully saturated rings. The van der Waals surface area contributed by atoms with Crippen molar-refractivity contribution >= 4 is 17.9 Å². The largest absolute Gasteiger partial charge is 0.462 e. The molecule has 0 radical (unpaired) electrons. The minimum absolute atomic E-state index is 0.0870. The minimum Gasteiger partial charge on any atom is -0.462 e. The topological polar surface area (TPSA) is 78.9 Å². The van der Waals surface area contributed by atoms with Gasteiger partial charge in [0.1, 0.15) is 13.2 Å². The Kier molecular flexibility index (Phi) is 52.4. The third kappa shape index (κ3) is 53.4. The van der Waals surface area contributed by atoms with E-state index in [9.17, 15) is 14.4 Å². The summed E-state index contributed by atoms with van der Waals surface area (Å²) in [7, 11) is 0.